The number of benzene rings is 4. The van der Waals surface area contributed by atoms with Gasteiger partial charge in [-0.2, -0.15) is 0 Å². The number of rotatable bonds is 5. The van der Waals surface area contributed by atoms with Crippen molar-refractivity contribution in [3.05, 3.63) is 102 Å². The molecule has 0 aliphatic heterocycles. The lowest BCUT2D eigenvalue weighted by Crippen LogP contribution is -1.91. The first-order chi connectivity index (χ1) is 11.9. The zero-order valence-corrected chi connectivity index (χ0v) is 13.8. The summed E-state index contributed by atoms with van der Waals surface area (Å²) in [5.74, 6) is 0. The van der Waals surface area contributed by atoms with Crippen LogP contribution in [-0.2, 0) is 12.8 Å². The summed E-state index contributed by atoms with van der Waals surface area (Å²) >= 11 is 0. The Bertz CT molecular complexity index is 884. The molecule has 0 atom stereocenters. The van der Waals surface area contributed by atoms with E-state index in [2.05, 4.69) is 91.3 Å². The van der Waals surface area contributed by atoms with E-state index < -0.39 is 0 Å². The third-order valence-corrected chi connectivity index (χ3v) is 4.64. The van der Waals surface area contributed by atoms with E-state index in [-0.39, 0.29) is 0 Å². The second-order valence-corrected chi connectivity index (χ2v) is 6.39. The van der Waals surface area contributed by atoms with E-state index in [9.17, 15) is 0 Å². The fourth-order valence-corrected chi connectivity index (χ4v) is 3.30. The molecule has 0 aliphatic carbocycles. The third-order valence-electron chi connectivity index (χ3n) is 4.64. The van der Waals surface area contributed by atoms with Crippen LogP contribution in [0.25, 0.3) is 21.5 Å². The van der Waals surface area contributed by atoms with Gasteiger partial charge < -0.3 is 0 Å². The van der Waals surface area contributed by atoms with Crippen molar-refractivity contribution in [2.45, 2.75) is 19.3 Å². The molecule has 4 rings (SSSR count). The maximum atomic E-state index is 2.40. The monoisotopic (exact) mass is 309 g/mol. The molecule has 0 aliphatic rings. The van der Waals surface area contributed by atoms with Crippen LogP contribution in [0, 0.1) is 6.42 Å². The van der Waals surface area contributed by atoms with Gasteiger partial charge in [-0.25, -0.2) is 0 Å². The molecule has 1 radical (unpaired) electrons. The number of hydrogen-bond acceptors (Lipinski definition) is 0. The highest BCUT2D eigenvalue weighted by atomic mass is 14.0. The van der Waals surface area contributed by atoms with Crippen molar-refractivity contribution >= 4 is 21.5 Å². The fraction of sp³-hybridized carbons (Fsp3) is 0.125. The molecule has 0 heteroatoms. The standard InChI is InChI=1S/C24H21/c1(7-19-13-15-21-9-3-5-11-23(21)17-19)2-8-20-14-16-22-10-4-6-12-24(22)18-20/h1,3-6,9-18H,2,7-8H2. The quantitative estimate of drug-likeness (QED) is 0.376. The average molecular weight is 309 g/mol. The zero-order chi connectivity index (χ0) is 16.2. The third kappa shape index (κ3) is 3.33. The molecule has 24 heavy (non-hydrogen) atoms. The lowest BCUT2D eigenvalue weighted by Gasteiger charge is -2.05. The predicted molar refractivity (Wildman–Crippen MR) is 104 cm³/mol. The Hall–Kier alpha value is -2.60. The van der Waals surface area contributed by atoms with Crippen LogP contribution in [0.15, 0.2) is 84.9 Å². The van der Waals surface area contributed by atoms with Crippen molar-refractivity contribution in [2.24, 2.45) is 0 Å². The zero-order valence-electron chi connectivity index (χ0n) is 13.8. The van der Waals surface area contributed by atoms with Gasteiger partial charge in [0, 0.05) is 0 Å². The molecule has 0 heterocycles. The van der Waals surface area contributed by atoms with Crippen LogP contribution in [-0.4, -0.2) is 0 Å². The minimum Gasteiger partial charge on any atom is -0.0616 e. The van der Waals surface area contributed by atoms with Crippen molar-refractivity contribution in [3.8, 4) is 0 Å². The second-order valence-electron chi connectivity index (χ2n) is 6.39. The first-order valence-corrected chi connectivity index (χ1v) is 8.65. The topological polar surface area (TPSA) is 0 Å². The Labute approximate surface area is 143 Å². The molecule has 0 saturated heterocycles. The van der Waals surface area contributed by atoms with Gasteiger partial charge in [0.2, 0.25) is 0 Å². The van der Waals surface area contributed by atoms with E-state index in [1.165, 1.54) is 32.7 Å². The highest BCUT2D eigenvalue weighted by molar-refractivity contribution is 5.83. The molecule has 0 spiro atoms. The van der Waals surface area contributed by atoms with Gasteiger partial charge in [0.05, 0.1) is 0 Å². The Morgan fingerprint density at radius 1 is 0.542 bits per heavy atom. The van der Waals surface area contributed by atoms with E-state index in [1.54, 1.807) is 0 Å². The summed E-state index contributed by atoms with van der Waals surface area (Å²) in [6.45, 7) is 0. The number of aryl methyl sites for hydroxylation is 1. The molecule has 0 N–H and O–H groups in total. The summed E-state index contributed by atoms with van der Waals surface area (Å²) in [6, 6.07) is 30.7. The Morgan fingerprint density at radius 3 is 1.75 bits per heavy atom. The van der Waals surface area contributed by atoms with Crippen LogP contribution in [0.3, 0.4) is 0 Å². The molecule has 0 bridgehead atoms. The highest BCUT2D eigenvalue weighted by Crippen LogP contribution is 2.19. The molecule has 117 valence electrons. The van der Waals surface area contributed by atoms with Gasteiger partial charge in [-0.1, -0.05) is 84.9 Å². The minimum atomic E-state index is 1.04. The summed E-state index contributed by atoms with van der Waals surface area (Å²) in [6.07, 6.45) is 5.67. The van der Waals surface area contributed by atoms with Crippen molar-refractivity contribution in [3.63, 3.8) is 0 Å². The fourth-order valence-electron chi connectivity index (χ4n) is 3.30. The number of fused-ring (bicyclic) bond motifs is 2. The minimum absolute atomic E-state index is 1.04. The summed E-state index contributed by atoms with van der Waals surface area (Å²) in [5, 5.41) is 5.31. The molecule has 0 saturated carbocycles. The van der Waals surface area contributed by atoms with E-state index in [1.807, 2.05) is 0 Å². The second kappa shape index (κ2) is 6.88. The van der Waals surface area contributed by atoms with Gasteiger partial charge in [-0.15, -0.1) is 0 Å². The molecule has 4 aromatic carbocycles. The predicted octanol–water partition coefficient (Wildman–Crippen LogP) is 6.37. The number of unbranched alkanes of at least 4 members (excludes halogenated alkanes) is 1. The van der Waals surface area contributed by atoms with E-state index >= 15 is 0 Å². The van der Waals surface area contributed by atoms with Crippen LogP contribution < -0.4 is 0 Å². The summed E-state index contributed by atoms with van der Waals surface area (Å²) < 4.78 is 0. The first-order valence-electron chi connectivity index (χ1n) is 8.65. The Kier molecular flexibility index (Phi) is 4.29. The van der Waals surface area contributed by atoms with Gasteiger partial charge in [0.25, 0.3) is 0 Å². The van der Waals surface area contributed by atoms with Crippen molar-refractivity contribution in [1.29, 1.82) is 0 Å². The van der Waals surface area contributed by atoms with Crippen LogP contribution in [0.5, 0.6) is 0 Å². The molecule has 0 nitrogen and oxygen atoms in total. The van der Waals surface area contributed by atoms with Crippen LogP contribution in [0.2, 0.25) is 0 Å². The largest absolute Gasteiger partial charge is 0.0616 e. The number of hydrogen-bond donors (Lipinski definition) is 0. The van der Waals surface area contributed by atoms with Gasteiger partial charge in [0.1, 0.15) is 0 Å². The first kappa shape index (κ1) is 15.0. The molecule has 0 unspecified atom stereocenters. The van der Waals surface area contributed by atoms with Crippen LogP contribution in [0.1, 0.15) is 17.5 Å². The molecular formula is C24H21. The Morgan fingerprint density at radius 2 is 1.08 bits per heavy atom. The Balaban J connectivity index is 1.36. The maximum Gasteiger partial charge on any atom is -0.0181 e. The highest BCUT2D eigenvalue weighted by Gasteiger charge is 1.99. The van der Waals surface area contributed by atoms with E-state index in [0.29, 0.717) is 0 Å². The smallest absolute Gasteiger partial charge is 0.0181 e. The summed E-state index contributed by atoms with van der Waals surface area (Å²) in [4.78, 5) is 0. The molecular weight excluding hydrogens is 288 g/mol. The lowest BCUT2D eigenvalue weighted by molar-refractivity contribution is 0.894. The van der Waals surface area contributed by atoms with Gasteiger partial charge in [-0.05, 0) is 58.4 Å². The normalized spacial score (nSPS) is 11.2. The molecule has 0 amide bonds. The average Bonchev–Trinajstić information content (AvgIpc) is 2.65. The van der Waals surface area contributed by atoms with Gasteiger partial charge >= 0.3 is 0 Å². The maximum absolute atomic E-state index is 2.40. The van der Waals surface area contributed by atoms with Gasteiger partial charge in [-0.3, -0.25) is 0 Å². The molecule has 0 aromatic heterocycles. The van der Waals surface area contributed by atoms with Crippen LogP contribution >= 0.6 is 0 Å². The van der Waals surface area contributed by atoms with Crippen molar-refractivity contribution in [2.75, 3.05) is 0 Å². The van der Waals surface area contributed by atoms with Crippen molar-refractivity contribution in [1.82, 2.24) is 0 Å². The summed E-state index contributed by atoms with van der Waals surface area (Å²) in [5.41, 5.74) is 2.82. The van der Waals surface area contributed by atoms with E-state index in [4.69, 9.17) is 0 Å². The van der Waals surface area contributed by atoms with Gasteiger partial charge in [0.15, 0.2) is 0 Å². The van der Waals surface area contributed by atoms with Crippen LogP contribution in [0.4, 0.5) is 0 Å². The van der Waals surface area contributed by atoms with E-state index in [0.717, 1.165) is 19.3 Å². The van der Waals surface area contributed by atoms with Crippen molar-refractivity contribution < 1.29 is 0 Å². The summed E-state index contributed by atoms with van der Waals surface area (Å²) in [7, 11) is 0. The molecule has 0 fully saturated rings. The molecule has 4 aromatic rings. The lowest BCUT2D eigenvalue weighted by atomic mass is 10.00. The SMILES string of the molecule is [CH](CCc1ccc2ccccc2c1)Cc1ccc2ccccc2c1.